The zero-order valence-corrected chi connectivity index (χ0v) is 15.2. The number of aromatic nitrogens is 1. The van der Waals surface area contributed by atoms with Gasteiger partial charge in [-0.1, -0.05) is 52.3 Å². The zero-order chi connectivity index (χ0) is 17.2. The zero-order valence-electron chi connectivity index (χ0n) is 13.6. The van der Waals surface area contributed by atoms with Crippen LogP contribution in [0.5, 0.6) is 0 Å². The maximum Gasteiger partial charge on any atom is 0.286 e. The standard InChI is InChI=1S/C20H18BrN3O/c21-14-10-11-17-16(12-14)18(13-6-2-1-3-7-13)19(22-17)20(25)24-23-15-8-4-5-9-15/h1-3,6-8,10-12,22-23H,4-5,9H2,(H,24,25). The molecule has 5 heteroatoms. The van der Waals surface area contributed by atoms with Crippen LogP contribution in [-0.4, -0.2) is 10.9 Å². The van der Waals surface area contributed by atoms with Crippen molar-refractivity contribution in [1.29, 1.82) is 0 Å². The van der Waals surface area contributed by atoms with Gasteiger partial charge in [0.1, 0.15) is 5.69 Å². The quantitative estimate of drug-likeness (QED) is 0.550. The molecule has 0 fully saturated rings. The molecule has 0 radical (unpaired) electrons. The van der Waals surface area contributed by atoms with Crippen LogP contribution in [0.25, 0.3) is 22.0 Å². The first-order valence-electron chi connectivity index (χ1n) is 8.34. The van der Waals surface area contributed by atoms with Crippen LogP contribution >= 0.6 is 15.9 Å². The summed E-state index contributed by atoms with van der Waals surface area (Å²) in [4.78, 5) is 16.1. The number of carbonyl (C=O) groups is 1. The van der Waals surface area contributed by atoms with Crippen molar-refractivity contribution in [1.82, 2.24) is 15.8 Å². The molecule has 1 aliphatic rings. The number of aromatic amines is 1. The molecule has 1 heterocycles. The minimum Gasteiger partial charge on any atom is -0.350 e. The molecule has 0 aliphatic heterocycles. The van der Waals surface area contributed by atoms with Crippen LogP contribution < -0.4 is 10.9 Å². The summed E-state index contributed by atoms with van der Waals surface area (Å²) in [7, 11) is 0. The first-order valence-corrected chi connectivity index (χ1v) is 9.14. The predicted octanol–water partition coefficient (Wildman–Crippen LogP) is 4.90. The normalized spacial score (nSPS) is 13.7. The highest BCUT2D eigenvalue weighted by atomic mass is 79.9. The van der Waals surface area contributed by atoms with E-state index in [0.717, 1.165) is 51.5 Å². The fourth-order valence-electron chi connectivity index (χ4n) is 3.22. The van der Waals surface area contributed by atoms with Crippen molar-refractivity contribution < 1.29 is 4.79 Å². The molecule has 0 atom stereocenters. The van der Waals surface area contributed by atoms with E-state index in [-0.39, 0.29) is 5.91 Å². The lowest BCUT2D eigenvalue weighted by molar-refractivity contribution is 0.0935. The number of benzene rings is 2. The molecule has 1 aromatic heterocycles. The van der Waals surface area contributed by atoms with Crippen LogP contribution in [0, 0.1) is 0 Å². The number of halogens is 1. The Kier molecular flexibility index (Phi) is 4.32. The average Bonchev–Trinajstić information content (AvgIpc) is 3.27. The first kappa shape index (κ1) is 16.0. The van der Waals surface area contributed by atoms with Gasteiger partial charge in [-0.25, -0.2) is 0 Å². The van der Waals surface area contributed by atoms with Crippen molar-refractivity contribution in [2.45, 2.75) is 19.3 Å². The Morgan fingerprint density at radius 3 is 2.72 bits per heavy atom. The summed E-state index contributed by atoms with van der Waals surface area (Å²) in [5, 5.41) is 1.02. The summed E-state index contributed by atoms with van der Waals surface area (Å²) >= 11 is 3.53. The van der Waals surface area contributed by atoms with Crippen molar-refractivity contribution in [3.05, 3.63) is 70.5 Å². The minimum absolute atomic E-state index is 0.168. The molecule has 4 rings (SSSR count). The van der Waals surface area contributed by atoms with Crippen LogP contribution in [0.4, 0.5) is 0 Å². The van der Waals surface area contributed by atoms with E-state index >= 15 is 0 Å². The maximum atomic E-state index is 12.8. The molecule has 3 aromatic rings. The van der Waals surface area contributed by atoms with E-state index < -0.39 is 0 Å². The second-order valence-corrected chi connectivity index (χ2v) is 7.05. The number of nitrogens with one attached hydrogen (secondary N) is 3. The number of hydrogen-bond acceptors (Lipinski definition) is 2. The van der Waals surface area contributed by atoms with E-state index in [4.69, 9.17) is 0 Å². The van der Waals surface area contributed by atoms with E-state index in [1.807, 2.05) is 48.5 Å². The average molecular weight is 396 g/mol. The van der Waals surface area contributed by atoms with Crippen LogP contribution in [0.1, 0.15) is 29.8 Å². The third kappa shape index (κ3) is 3.20. The summed E-state index contributed by atoms with van der Waals surface area (Å²) in [6.07, 6.45) is 5.30. The summed E-state index contributed by atoms with van der Waals surface area (Å²) in [6, 6.07) is 16.0. The third-order valence-corrected chi connectivity index (χ3v) is 4.92. The summed E-state index contributed by atoms with van der Waals surface area (Å²) in [6.45, 7) is 0. The highest BCUT2D eigenvalue weighted by Gasteiger charge is 2.19. The number of hydrogen-bond donors (Lipinski definition) is 3. The molecule has 0 unspecified atom stereocenters. The second kappa shape index (κ2) is 6.76. The molecular formula is C20H18BrN3O. The largest absolute Gasteiger partial charge is 0.350 e. The predicted molar refractivity (Wildman–Crippen MR) is 104 cm³/mol. The van der Waals surface area contributed by atoms with Crippen molar-refractivity contribution in [2.24, 2.45) is 0 Å². The summed E-state index contributed by atoms with van der Waals surface area (Å²) in [5.74, 6) is -0.168. The molecular weight excluding hydrogens is 378 g/mol. The Bertz CT molecular complexity index is 960. The molecule has 4 nitrogen and oxygen atoms in total. The lowest BCUT2D eigenvalue weighted by Gasteiger charge is -2.10. The van der Waals surface area contributed by atoms with Crippen LogP contribution in [0.3, 0.4) is 0 Å². The van der Waals surface area contributed by atoms with Gasteiger partial charge < -0.3 is 10.4 Å². The fraction of sp³-hybridized carbons (Fsp3) is 0.150. The lowest BCUT2D eigenvalue weighted by atomic mass is 10.0. The SMILES string of the molecule is O=C(NNC1=CCCC1)c1[nH]c2ccc(Br)cc2c1-c1ccccc1. The highest BCUT2D eigenvalue weighted by Crippen LogP contribution is 2.34. The number of carbonyl (C=O) groups excluding carboxylic acids is 1. The Morgan fingerprint density at radius 2 is 1.96 bits per heavy atom. The van der Waals surface area contributed by atoms with Gasteiger partial charge in [-0.05, 0) is 43.0 Å². The van der Waals surface area contributed by atoms with E-state index in [0.29, 0.717) is 5.69 Å². The number of amides is 1. The second-order valence-electron chi connectivity index (χ2n) is 6.13. The smallest absolute Gasteiger partial charge is 0.286 e. The Balaban J connectivity index is 1.75. The minimum atomic E-state index is -0.168. The molecule has 0 spiro atoms. The third-order valence-electron chi connectivity index (χ3n) is 4.43. The van der Waals surface area contributed by atoms with Crippen LogP contribution in [-0.2, 0) is 0 Å². The molecule has 1 amide bonds. The molecule has 126 valence electrons. The van der Waals surface area contributed by atoms with Gasteiger partial charge in [-0.2, -0.15) is 0 Å². The van der Waals surface area contributed by atoms with Crippen molar-refractivity contribution >= 4 is 32.7 Å². The fourth-order valence-corrected chi connectivity index (χ4v) is 3.58. The molecule has 25 heavy (non-hydrogen) atoms. The number of hydrazine groups is 1. The van der Waals surface area contributed by atoms with E-state index in [1.54, 1.807) is 0 Å². The Morgan fingerprint density at radius 1 is 1.12 bits per heavy atom. The van der Waals surface area contributed by atoms with Gasteiger partial charge in [0.15, 0.2) is 0 Å². The number of H-pyrrole nitrogens is 1. The summed E-state index contributed by atoms with van der Waals surface area (Å²) in [5.41, 5.74) is 10.4. The van der Waals surface area contributed by atoms with Gasteiger partial charge in [-0.15, -0.1) is 0 Å². The molecule has 0 bridgehead atoms. The molecule has 3 N–H and O–H groups in total. The van der Waals surface area contributed by atoms with Crippen molar-refractivity contribution in [3.63, 3.8) is 0 Å². The van der Waals surface area contributed by atoms with E-state index in [2.05, 4.69) is 37.8 Å². The van der Waals surface area contributed by atoms with E-state index in [9.17, 15) is 4.79 Å². The van der Waals surface area contributed by atoms with Gasteiger partial charge in [-0.3, -0.25) is 10.2 Å². The van der Waals surface area contributed by atoms with Gasteiger partial charge in [0.2, 0.25) is 0 Å². The van der Waals surface area contributed by atoms with E-state index in [1.165, 1.54) is 0 Å². The number of rotatable bonds is 4. The number of fused-ring (bicyclic) bond motifs is 1. The molecule has 0 saturated heterocycles. The molecule has 1 aliphatic carbocycles. The Hall–Kier alpha value is -2.53. The van der Waals surface area contributed by atoms with Crippen molar-refractivity contribution in [2.75, 3.05) is 0 Å². The first-order chi connectivity index (χ1) is 12.2. The van der Waals surface area contributed by atoms with Gasteiger partial charge in [0.25, 0.3) is 5.91 Å². The molecule has 2 aromatic carbocycles. The monoisotopic (exact) mass is 395 g/mol. The Labute approximate surface area is 154 Å². The highest BCUT2D eigenvalue weighted by molar-refractivity contribution is 9.10. The number of allylic oxidation sites excluding steroid dienone is 2. The van der Waals surface area contributed by atoms with Gasteiger partial charge >= 0.3 is 0 Å². The van der Waals surface area contributed by atoms with Gasteiger partial charge in [0.05, 0.1) is 0 Å². The van der Waals surface area contributed by atoms with Crippen LogP contribution in [0.15, 0.2) is 64.8 Å². The lowest BCUT2D eigenvalue weighted by Crippen LogP contribution is -2.36. The summed E-state index contributed by atoms with van der Waals surface area (Å²) < 4.78 is 0.984. The van der Waals surface area contributed by atoms with Crippen LogP contribution in [0.2, 0.25) is 0 Å². The maximum absolute atomic E-state index is 12.8. The topological polar surface area (TPSA) is 56.9 Å². The van der Waals surface area contributed by atoms with Crippen molar-refractivity contribution in [3.8, 4) is 11.1 Å². The molecule has 0 saturated carbocycles. The van der Waals surface area contributed by atoms with Gasteiger partial charge in [0, 0.05) is 26.6 Å².